The molecule has 0 spiro atoms. The van der Waals surface area contributed by atoms with E-state index in [2.05, 4.69) is 15.2 Å². The molecule has 9 nitrogen and oxygen atoms in total. The predicted molar refractivity (Wildman–Crippen MR) is 110 cm³/mol. The van der Waals surface area contributed by atoms with Crippen LogP contribution in [0.4, 0.5) is 0 Å². The van der Waals surface area contributed by atoms with Crippen LogP contribution in [-0.4, -0.2) is 52.4 Å². The van der Waals surface area contributed by atoms with Gasteiger partial charge in [-0.3, -0.25) is 4.68 Å². The van der Waals surface area contributed by atoms with E-state index in [4.69, 9.17) is 9.47 Å². The molecule has 1 unspecified atom stereocenters. The quantitative estimate of drug-likeness (QED) is 0.590. The lowest BCUT2D eigenvalue weighted by Crippen LogP contribution is -2.15. The van der Waals surface area contributed by atoms with Crippen LogP contribution in [0.15, 0.2) is 29.2 Å². The van der Waals surface area contributed by atoms with Crippen molar-refractivity contribution in [2.24, 2.45) is 7.05 Å². The number of sulfone groups is 1. The zero-order valence-corrected chi connectivity index (χ0v) is 18.3. The average Bonchev–Trinajstić information content (AvgIpc) is 3.41. The van der Waals surface area contributed by atoms with Gasteiger partial charge in [0.2, 0.25) is 0 Å². The summed E-state index contributed by atoms with van der Waals surface area (Å²) in [6.45, 7) is 5.31. The maximum absolute atomic E-state index is 11.9. The molecule has 1 saturated heterocycles. The van der Waals surface area contributed by atoms with Crippen LogP contribution in [0, 0.1) is 13.8 Å². The van der Waals surface area contributed by atoms with Crippen LogP contribution in [0.5, 0.6) is 5.75 Å². The topological polar surface area (TPSA) is 101 Å². The molecule has 0 aliphatic carbocycles. The second-order valence-electron chi connectivity index (χ2n) is 7.53. The Morgan fingerprint density at radius 3 is 2.70 bits per heavy atom. The molecule has 0 radical (unpaired) electrons. The number of aromatic nitrogens is 5. The number of rotatable bonds is 6. The molecule has 2 aromatic heterocycles. The van der Waals surface area contributed by atoms with Gasteiger partial charge < -0.3 is 9.47 Å². The SMILES string of the molecule is Cc1nn(C)c(C)c1OCc1nc(-c2cccc(S(C)(=O)=O)c2)nn1C1CCOC1. The van der Waals surface area contributed by atoms with Crippen LogP contribution in [0.3, 0.4) is 0 Å². The van der Waals surface area contributed by atoms with Gasteiger partial charge in [0.1, 0.15) is 12.3 Å². The zero-order chi connectivity index (χ0) is 21.5. The second kappa shape index (κ2) is 7.84. The van der Waals surface area contributed by atoms with Gasteiger partial charge in [0.25, 0.3) is 0 Å². The van der Waals surface area contributed by atoms with Crippen molar-refractivity contribution in [2.75, 3.05) is 19.5 Å². The Bertz CT molecular complexity index is 1180. The largest absolute Gasteiger partial charge is 0.482 e. The lowest BCUT2D eigenvalue weighted by Gasteiger charge is -2.12. The van der Waals surface area contributed by atoms with Crippen molar-refractivity contribution in [1.82, 2.24) is 24.5 Å². The molecule has 0 bridgehead atoms. The van der Waals surface area contributed by atoms with Gasteiger partial charge in [0.15, 0.2) is 27.2 Å². The van der Waals surface area contributed by atoms with Crippen LogP contribution in [0.25, 0.3) is 11.4 Å². The minimum Gasteiger partial charge on any atom is -0.482 e. The summed E-state index contributed by atoms with van der Waals surface area (Å²) in [4.78, 5) is 4.91. The average molecular weight is 432 g/mol. The fraction of sp³-hybridized carbons (Fsp3) is 0.450. The maximum Gasteiger partial charge on any atom is 0.181 e. The van der Waals surface area contributed by atoms with Crippen molar-refractivity contribution in [3.63, 3.8) is 0 Å². The van der Waals surface area contributed by atoms with Crippen LogP contribution in [0.2, 0.25) is 0 Å². The molecule has 1 aromatic carbocycles. The third-order valence-corrected chi connectivity index (χ3v) is 6.37. The number of aryl methyl sites for hydroxylation is 2. The molecule has 0 saturated carbocycles. The van der Waals surface area contributed by atoms with E-state index in [0.29, 0.717) is 30.4 Å². The molecule has 160 valence electrons. The molecule has 1 aliphatic rings. The van der Waals surface area contributed by atoms with Crippen LogP contribution < -0.4 is 4.74 Å². The van der Waals surface area contributed by atoms with Gasteiger partial charge in [0, 0.05) is 25.5 Å². The maximum atomic E-state index is 11.9. The minimum atomic E-state index is -3.32. The van der Waals surface area contributed by atoms with Crippen molar-refractivity contribution in [3.8, 4) is 17.1 Å². The van der Waals surface area contributed by atoms with Crippen molar-refractivity contribution < 1.29 is 17.9 Å². The van der Waals surface area contributed by atoms with Crippen molar-refractivity contribution in [3.05, 3.63) is 41.5 Å². The Morgan fingerprint density at radius 2 is 2.07 bits per heavy atom. The molecule has 1 atom stereocenters. The first-order valence-corrected chi connectivity index (χ1v) is 11.6. The summed E-state index contributed by atoms with van der Waals surface area (Å²) in [6.07, 6.45) is 2.02. The Hall–Kier alpha value is -2.72. The number of hydrogen-bond acceptors (Lipinski definition) is 7. The summed E-state index contributed by atoms with van der Waals surface area (Å²) in [6, 6.07) is 6.74. The van der Waals surface area contributed by atoms with Gasteiger partial charge in [-0.15, -0.1) is 0 Å². The van der Waals surface area contributed by atoms with Crippen molar-refractivity contribution in [1.29, 1.82) is 0 Å². The van der Waals surface area contributed by atoms with Crippen LogP contribution >= 0.6 is 0 Å². The highest BCUT2D eigenvalue weighted by Crippen LogP contribution is 2.27. The van der Waals surface area contributed by atoms with E-state index >= 15 is 0 Å². The van der Waals surface area contributed by atoms with Gasteiger partial charge in [-0.25, -0.2) is 18.1 Å². The fourth-order valence-corrected chi connectivity index (χ4v) is 4.22. The standard InChI is InChI=1S/C20H25N5O4S/c1-13-19(14(2)24(3)22-13)29-12-18-21-20(23-25(18)16-8-9-28-11-16)15-6-5-7-17(10-15)30(4,26)27/h5-7,10,16H,8-9,11-12H2,1-4H3. The molecular formula is C20H25N5O4S. The van der Waals surface area contributed by atoms with E-state index < -0.39 is 9.84 Å². The fourth-order valence-electron chi connectivity index (χ4n) is 3.55. The molecule has 30 heavy (non-hydrogen) atoms. The van der Waals surface area contributed by atoms with E-state index in [1.54, 1.807) is 28.9 Å². The lowest BCUT2D eigenvalue weighted by molar-refractivity contribution is 0.182. The third kappa shape index (κ3) is 3.97. The molecule has 1 fully saturated rings. The number of benzene rings is 1. The molecule has 4 rings (SSSR count). The van der Waals surface area contributed by atoms with Gasteiger partial charge in [0.05, 0.1) is 23.2 Å². The van der Waals surface area contributed by atoms with Crippen molar-refractivity contribution >= 4 is 9.84 Å². The molecular weight excluding hydrogens is 406 g/mol. The molecule has 0 N–H and O–H groups in total. The number of hydrogen-bond donors (Lipinski definition) is 0. The summed E-state index contributed by atoms with van der Waals surface area (Å²) < 4.78 is 39.1. The summed E-state index contributed by atoms with van der Waals surface area (Å²) in [5.41, 5.74) is 2.39. The van der Waals surface area contributed by atoms with E-state index in [-0.39, 0.29) is 17.5 Å². The Kier molecular flexibility index (Phi) is 5.37. The Labute approximate surface area is 175 Å². The molecule has 1 aliphatic heterocycles. The first-order chi connectivity index (χ1) is 14.2. The van der Waals surface area contributed by atoms with Gasteiger partial charge in [-0.05, 0) is 32.4 Å². The normalized spacial score (nSPS) is 16.9. The molecule has 10 heteroatoms. The second-order valence-corrected chi connectivity index (χ2v) is 9.54. The van der Waals surface area contributed by atoms with Gasteiger partial charge in [-0.2, -0.15) is 10.2 Å². The highest BCUT2D eigenvalue weighted by Gasteiger charge is 2.24. The number of ether oxygens (including phenoxy) is 2. The Morgan fingerprint density at radius 1 is 1.27 bits per heavy atom. The number of nitrogens with zero attached hydrogens (tertiary/aromatic N) is 5. The smallest absolute Gasteiger partial charge is 0.181 e. The van der Waals surface area contributed by atoms with E-state index in [1.165, 1.54) is 6.26 Å². The van der Waals surface area contributed by atoms with E-state index in [0.717, 1.165) is 23.6 Å². The molecule has 3 aromatic rings. The Balaban J connectivity index is 1.69. The van der Waals surface area contributed by atoms with Crippen LogP contribution in [0.1, 0.15) is 29.7 Å². The molecule has 0 amide bonds. The van der Waals surface area contributed by atoms with Crippen molar-refractivity contribution in [2.45, 2.75) is 37.8 Å². The summed E-state index contributed by atoms with van der Waals surface area (Å²) in [7, 11) is -1.45. The van der Waals surface area contributed by atoms with Crippen LogP contribution in [-0.2, 0) is 28.2 Å². The summed E-state index contributed by atoms with van der Waals surface area (Å²) >= 11 is 0. The third-order valence-electron chi connectivity index (χ3n) is 5.26. The monoisotopic (exact) mass is 431 g/mol. The summed E-state index contributed by atoms with van der Waals surface area (Å²) in [5.74, 6) is 1.86. The first kappa shape index (κ1) is 20.5. The predicted octanol–water partition coefficient (Wildman–Crippen LogP) is 2.24. The van der Waals surface area contributed by atoms with E-state index in [9.17, 15) is 8.42 Å². The van der Waals surface area contributed by atoms with Gasteiger partial charge in [-0.1, -0.05) is 12.1 Å². The lowest BCUT2D eigenvalue weighted by atomic mass is 10.2. The minimum absolute atomic E-state index is 0.0685. The van der Waals surface area contributed by atoms with Gasteiger partial charge >= 0.3 is 0 Å². The molecule has 3 heterocycles. The summed E-state index contributed by atoms with van der Waals surface area (Å²) in [5, 5.41) is 9.06. The van der Waals surface area contributed by atoms with E-state index in [1.807, 2.05) is 25.6 Å². The highest BCUT2D eigenvalue weighted by atomic mass is 32.2. The zero-order valence-electron chi connectivity index (χ0n) is 17.5. The highest BCUT2D eigenvalue weighted by molar-refractivity contribution is 7.90. The first-order valence-electron chi connectivity index (χ1n) is 9.70.